The largest absolute Gasteiger partial charge is 0.462 e. The first-order valence-corrected chi connectivity index (χ1v) is 23.1. The summed E-state index contributed by atoms with van der Waals surface area (Å²) in [6.45, 7) is 6.50. The molecule has 0 heterocycles. The van der Waals surface area contributed by atoms with Crippen LogP contribution in [0.2, 0.25) is 0 Å². The molecule has 0 aliphatic carbocycles. The molecule has 0 radical (unpaired) electrons. The Balaban J connectivity index is 4.40. The molecule has 0 rings (SSSR count). The molecule has 318 valence electrons. The number of esters is 3. The molecule has 0 saturated carbocycles. The minimum atomic E-state index is -0.781. The first-order chi connectivity index (χ1) is 27.0. The van der Waals surface area contributed by atoms with Crippen LogP contribution >= 0.6 is 0 Å². The van der Waals surface area contributed by atoms with Crippen LogP contribution in [0.4, 0.5) is 0 Å². The SMILES string of the molecule is CCCC/C=C\C/C=C\CCCCCCCC(=O)OCC(COC(=O)CCCCCCCCCCC)OC(=O)CCCCCCC/C=C\C/C=C\CCCC. The third kappa shape index (κ3) is 42.4. The Morgan fingerprint density at radius 3 is 1.05 bits per heavy atom. The highest BCUT2D eigenvalue weighted by Gasteiger charge is 2.19. The lowest BCUT2D eigenvalue weighted by atomic mass is 10.1. The molecule has 1 atom stereocenters. The van der Waals surface area contributed by atoms with Crippen LogP contribution in [-0.4, -0.2) is 37.2 Å². The van der Waals surface area contributed by atoms with Crippen molar-refractivity contribution in [3.63, 3.8) is 0 Å². The van der Waals surface area contributed by atoms with E-state index in [2.05, 4.69) is 69.4 Å². The molecule has 0 saturated heterocycles. The van der Waals surface area contributed by atoms with Gasteiger partial charge in [0.15, 0.2) is 6.10 Å². The van der Waals surface area contributed by atoms with Crippen LogP contribution in [0.1, 0.15) is 226 Å². The van der Waals surface area contributed by atoms with Crippen LogP contribution in [0.25, 0.3) is 0 Å². The monoisotopic (exact) mass is 771 g/mol. The van der Waals surface area contributed by atoms with Crippen LogP contribution in [0.3, 0.4) is 0 Å². The maximum absolute atomic E-state index is 12.7. The van der Waals surface area contributed by atoms with Gasteiger partial charge >= 0.3 is 17.9 Å². The molecular weight excluding hydrogens is 685 g/mol. The summed E-state index contributed by atoms with van der Waals surface area (Å²) in [6, 6.07) is 0. The van der Waals surface area contributed by atoms with Gasteiger partial charge < -0.3 is 14.2 Å². The number of unbranched alkanes of at least 4 members (excludes halogenated alkanes) is 22. The zero-order chi connectivity index (χ0) is 40.1. The smallest absolute Gasteiger partial charge is 0.306 e. The van der Waals surface area contributed by atoms with Crippen LogP contribution in [-0.2, 0) is 28.6 Å². The first kappa shape index (κ1) is 52.4. The van der Waals surface area contributed by atoms with Gasteiger partial charge in [-0.05, 0) is 70.6 Å². The quantitative estimate of drug-likeness (QED) is 0.0267. The molecule has 0 N–H and O–H groups in total. The highest BCUT2D eigenvalue weighted by atomic mass is 16.6. The van der Waals surface area contributed by atoms with Gasteiger partial charge in [-0.2, -0.15) is 0 Å². The van der Waals surface area contributed by atoms with Gasteiger partial charge in [0.05, 0.1) is 0 Å². The second kappa shape index (κ2) is 44.1. The average molecular weight is 771 g/mol. The Bertz CT molecular complexity index is 980. The Kier molecular flexibility index (Phi) is 42.0. The molecule has 1 unspecified atom stereocenters. The van der Waals surface area contributed by atoms with Gasteiger partial charge in [-0.3, -0.25) is 14.4 Å². The van der Waals surface area contributed by atoms with Crippen LogP contribution in [0.5, 0.6) is 0 Å². The number of allylic oxidation sites excluding steroid dienone is 8. The third-order valence-electron chi connectivity index (χ3n) is 9.81. The summed E-state index contributed by atoms with van der Waals surface area (Å²) in [5.41, 5.74) is 0. The molecule has 6 heteroatoms. The third-order valence-corrected chi connectivity index (χ3v) is 9.81. The number of rotatable bonds is 41. The van der Waals surface area contributed by atoms with E-state index in [0.717, 1.165) is 103 Å². The van der Waals surface area contributed by atoms with Crippen LogP contribution < -0.4 is 0 Å². The highest BCUT2D eigenvalue weighted by molar-refractivity contribution is 5.71. The molecule has 0 spiro atoms. The zero-order valence-corrected chi connectivity index (χ0v) is 36.2. The van der Waals surface area contributed by atoms with Crippen molar-refractivity contribution in [2.75, 3.05) is 13.2 Å². The van der Waals surface area contributed by atoms with Gasteiger partial charge in [0.2, 0.25) is 0 Å². The molecule has 0 amide bonds. The van der Waals surface area contributed by atoms with Crippen molar-refractivity contribution < 1.29 is 28.6 Å². The maximum atomic E-state index is 12.7. The summed E-state index contributed by atoms with van der Waals surface area (Å²) in [5.74, 6) is -0.914. The van der Waals surface area contributed by atoms with E-state index >= 15 is 0 Å². The minimum Gasteiger partial charge on any atom is -0.462 e. The molecule has 0 bridgehead atoms. The summed E-state index contributed by atoms with van der Waals surface area (Å²) in [4.78, 5) is 37.7. The second-order valence-electron chi connectivity index (χ2n) is 15.3. The summed E-state index contributed by atoms with van der Waals surface area (Å²) in [6.07, 6.45) is 50.9. The molecule has 0 aliphatic rings. The number of carbonyl (C=O) groups excluding carboxylic acids is 3. The fourth-order valence-electron chi connectivity index (χ4n) is 6.24. The summed E-state index contributed by atoms with van der Waals surface area (Å²) in [5, 5.41) is 0. The Morgan fingerprint density at radius 2 is 0.673 bits per heavy atom. The van der Waals surface area contributed by atoms with E-state index in [1.165, 1.54) is 83.5 Å². The Labute approximate surface area is 339 Å². The molecular formula is C49H86O6. The molecule has 6 nitrogen and oxygen atoms in total. The normalized spacial score (nSPS) is 12.4. The van der Waals surface area contributed by atoms with E-state index in [9.17, 15) is 14.4 Å². The predicted octanol–water partition coefficient (Wildman–Crippen LogP) is 14.8. The number of carbonyl (C=O) groups is 3. The summed E-state index contributed by atoms with van der Waals surface area (Å²) < 4.78 is 16.7. The lowest BCUT2D eigenvalue weighted by Crippen LogP contribution is -2.30. The Hall–Kier alpha value is -2.63. The van der Waals surface area contributed by atoms with Crippen molar-refractivity contribution in [1.82, 2.24) is 0 Å². The predicted molar refractivity (Wildman–Crippen MR) is 233 cm³/mol. The Morgan fingerprint density at radius 1 is 0.364 bits per heavy atom. The average Bonchev–Trinajstić information content (AvgIpc) is 3.18. The van der Waals surface area contributed by atoms with Gasteiger partial charge in [-0.15, -0.1) is 0 Å². The molecule has 0 aromatic carbocycles. The van der Waals surface area contributed by atoms with E-state index in [1.54, 1.807) is 0 Å². The van der Waals surface area contributed by atoms with Crippen molar-refractivity contribution in [2.24, 2.45) is 0 Å². The zero-order valence-electron chi connectivity index (χ0n) is 36.2. The van der Waals surface area contributed by atoms with Crippen LogP contribution in [0, 0.1) is 0 Å². The van der Waals surface area contributed by atoms with Gasteiger partial charge in [0.25, 0.3) is 0 Å². The summed E-state index contributed by atoms with van der Waals surface area (Å²) >= 11 is 0. The second-order valence-corrected chi connectivity index (χ2v) is 15.3. The van der Waals surface area contributed by atoms with Crippen LogP contribution in [0.15, 0.2) is 48.6 Å². The number of hydrogen-bond acceptors (Lipinski definition) is 6. The van der Waals surface area contributed by atoms with Crippen molar-refractivity contribution >= 4 is 17.9 Å². The fraction of sp³-hybridized carbons (Fsp3) is 0.776. The topological polar surface area (TPSA) is 78.9 Å². The molecule has 55 heavy (non-hydrogen) atoms. The van der Waals surface area contributed by atoms with Crippen molar-refractivity contribution in [1.29, 1.82) is 0 Å². The number of hydrogen-bond donors (Lipinski definition) is 0. The van der Waals surface area contributed by atoms with Crippen molar-refractivity contribution in [3.8, 4) is 0 Å². The molecule has 0 aliphatic heterocycles. The molecule has 0 aromatic rings. The van der Waals surface area contributed by atoms with E-state index < -0.39 is 6.10 Å². The lowest BCUT2D eigenvalue weighted by Gasteiger charge is -2.18. The van der Waals surface area contributed by atoms with E-state index in [1.807, 2.05) is 0 Å². The van der Waals surface area contributed by atoms with Gasteiger partial charge in [-0.1, -0.05) is 185 Å². The maximum Gasteiger partial charge on any atom is 0.306 e. The first-order valence-electron chi connectivity index (χ1n) is 23.1. The van der Waals surface area contributed by atoms with Crippen molar-refractivity contribution in [2.45, 2.75) is 232 Å². The van der Waals surface area contributed by atoms with E-state index in [-0.39, 0.29) is 31.1 Å². The van der Waals surface area contributed by atoms with Gasteiger partial charge in [0, 0.05) is 19.3 Å². The molecule has 0 fully saturated rings. The number of ether oxygens (including phenoxy) is 3. The van der Waals surface area contributed by atoms with E-state index in [4.69, 9.17) is 14.2 Å². The minimum absolute atomic E-state index is 0.0824. The van der Waals surface area contributed by atoms with Crippen molar-refractivity contribution in [3.05, 3.63) is 48.6 Å². The fourth-order valence-corrected chi connectivity index (χ4v) is 6.24. The van der Waals surface area contributed by atoms with Gasteiger partial charge in [0.1, 0.15) is 13.2 Å². The summed E-state index contributed by atoms with van der Waals surface area (Å²) in [7, 11) is 0. The molecule has 0 aromatic heterocycles. The standard InChI is InChI=1S/C49H86O6/c1-4-7-10-13-16-19-21-23-25-27-30-33-36-39-42-48(51)54-45-46(44-53-47(50)41-38-35-32-29-18-15-12-9-6-3)55-49(52)43-40-37-34-31-28-26-24-22-20-17-14-11-8-5-2/h13-14,16-17,21-24,46H,4-12,15,18-20,25-45H2,1-3H3/b16-13-,17-14-,23-21-,24-22-. The van der Waals surface area contributed by atoms with Gasteiger partial charge in [-0.25, -0.2) is 0 Å². The highest BCUT2D eigenvalue weighted by Crippen LogP contribution is 2.13. The lowest BCUT2D eigenvalue weighted by molar-refractivity contribution is -0.167. The van der Waals surface area contributed by atoms with E-state index in [0.29, 0.717) is 19.3 Å².